The maximum absolute atomic E-state index is 13.0. The van der Waals surface area contributed by atoms with Gasteiger partial charge in [0.1, 0.15) is 24.4 Å². The van der Waals surface area contributed by atoms with E-state index in [9.17, 15) is 30.3 Å². The maximum Gasteiger partial charge on any atom is 0.220 e. The van der Waals surface area contributed by atoms with Crippen molar-refractivity contribution in [2.75, 3.05) is 13.2 Å². The average Bonchev–Trinajstić information content (AvgIpc) is 3.39. The molecule has 1 saturated heterocycles. The van der Waals surface area contributed by atoms with Crippen LogP contribution in [0.2, 0.25) is 0 Å². The van der Waals surface area contributed by atoms with Gasteiger partial charge in [0.15, 0.2) is 6.29 Å². The Morgan fingerprint density at radius 2 is 0.849 bits per heavy atom. The predicted octanol–water partition coefficient (Wildman–Crippen LogP) is 15.4. The number of aliphatic hydroxyl groups excluding tert-OH is 5. The van der Waals surface area contributed by atoms with Crippen LogP contribution in [0.3, 0.4) is 0 Å². The van der Waals surface area contributed by atoms with Crippen LogP contribution in [-0.2, 0) is 14.3 Å². The van der Waals surface area contributed by atoms with E-state index in [0.29, 0.717) is 12.8 Å². The Labute approximate surface area is 448 Å². The molecule has 1 heterocycles. The number of unbranched alkanes of at least 4 members (excludes halogenated alkanes) is 27. The summed E-state index contributed by atoms with van der Waals surface area (Å²) in [5, 5.41) is 54.5. The topological polar surface area (TPSA) is 149 Å². The normalized spacial score (nSPS) is 19.7. The van der Waals surface area contributed by atoms with Crippen LogP contribution in [0.15, 0.2) is 85.1 Å². The van der Waals surface area contributed by atoms with Gasteiger partial charge in [-0.25, -0.2) is 0 Å². The van der Waals surface area contributed by atoms with Crippen LogP contribution in [0.4, 0.5) is 0 Å². The Hall–Kier alpha value is -2.63. The van der Waals surface area contributed by atoms with Crippen LogP contribution in [-0.4, -0.2) is 87.5 Å². The van der Waals surface area contributed by atoms with E-state index in [4.69, 9.17) is 9.47 Å². The second kappa shape index (κ2) is 52.8. The van der Waals surface area contributed by atoms with E-state index in [1.807, 2.05) is 0 Å². The first kappa shape index (κ1) is 68.4. The van der Waals surface area contributed by atoms with Gasteiger partial charge in [0.05, 0.1) is 25.4 Å². The molecular weight excluding hydrogens is 911 g/mol. The molecule has 0 aliphatic carbocycles. The SMILES string of the molecule is CC/C=C\C/C=C\C/C=C\C/C=C\C/C=C\C/C=C\C/C=C\CCCCCCCCCCCCCCCCCCCC(=O)NC(COC1OC(CO)C(O)C(O)C1O)C(O)CCCCCCCCCCCCC. The molecule has 0 aromatic carbocycles. The number of rotatable bonds is 51. The highest BCUT2D eigenvalue weighted by molar-refractivity contribution is 5.76. The molecule has 1 aliphatic heterocycles. The van der Waals surface area contributed by atoms with Crippen LogP contribution in [0.5, 0.6) is 0 Å². The van der Waals surface area contributed by atoms with Crippen molar-refractivity contribution in [1.82, 2.24) is 5.32 Å². The Morgan fingerprint density at radius 3 is 1.26 bits per heavy atom. The Balaban J connectivity index is 2.05. The fourth-order valence-corrected chi connectivity index (χ4v) is 9.26. The zero-order valence-corrected chi connectivity index (χ0v) is 46.9. The third-order valence-electron chi connectivity index (χ3n) is 14.0. The number of ether oxygens (including phenoxy) is 2. The summed E-state index contributed by atoms with van der Waals surface area (Å²) < 4.78 is 11.3. The summed E-state index contributed by atoms with van der Waals surface area (Å²) in [6.07, 6.45) is 67.8. The second-order valence-electron chi connectivity index (χ2n) is 20.8. The van der Waals surface area contributed by atoms with E-state index in [-0.39, 0.29) is 12.5 Å². The number of allylic oxidation sites excluding steroid dienone is 14. The monoisotopic (exact) mass is 1020 g/mol. The van der Waals surface area contributed by atoms with Gasteiger partial charge in [-0.05, 0) is 70.6 Å². The first-order chi connectivity index (χ1) is 35.8. The van der Waals surface area contributed by atoms with Gasteiger partial charge in [-0.15, -0.1) is 0 Å². The molecule has 0 radical (unpaired) electrons. The Morgan fingerprint density at radius 1 is 0.479 bits per heavy atom. The molecule has 0 aromatic rings. The number of hydrogen-bond donors (Lipinski definition) is 6. The van der Waals surface area contributed by atoms with Crippen LogP contribution < -0.4 is 5.32 Å². The number of aliphatic hydroxyl groups is 5. The quantitative estimate of drug-likeness (QED) is 0.0261. The largest absolute Gasteiger partial charge is 0.394 e. The molecule has 73 heavy (non-hydrogen) atoms. The minimum absolute atomic E-state index is 0.138. The van der Waals surface area contributed by atoms with Crippen molar-refractivity contribution < 1.29 is 39.8 Å². The molecule has 6 N–H and O–H groups in total. The summed E-state index contributed by atoms with van der Waals surface area (Å²) in [6, 6.07) is -0.720. The molecule has 0 aromatic heterocycles. The fourth-order valence-electron chi connectivity index (χ4n) is 9.26. The zero-order valence-electron chi connectivity index (χ0n) is 46.9. The number of carbonyl (C=O) groups excluding carboxylic acids is 1. The van der Waals surface area contributed by atoms with Gasteiger partial charge in [-0.3, -0.25) is 4.79 Å². The lowest BCUT2D eigenvalue weighted by Gasteiger charge is -2.40. The van der Waals surface area contributed by atoms with Crippen molar-refractivity contribution >= 4 is 5.91 Å². The number of hydrogen-bond acceptors (Lipinski definition) is 8. The summed E-state index contributed by atoms with van der Waals surface area (Å²) in [7, 11) is 0. The lowest BCUT2D eigenvalue weighted by atomic mass is 9.99. The van der Waals surface area contributed by atoms with E-state index in [1.165, 1.54) is 148 Å². The first-order valence-electron chi connectivity index (χ1n) is 30.3. The standard InChI is InChI=1S/C64H113NO8/c1-3-5-7-9-11-13-15-16-17-18-19-20-21-22-23-24-25-26-27-28-29-30-31-32-33-34-35-36-37-38-39-40-41-42-44-46-48-50-52-54-60(68)65-57(56-72-64-63(71)62(70)61(69)59(55-66)73-64)58(67)53-51-49-47-45-43-14-12-10-8-6-4-2/h5,7,11,13,16-17,19-20,22-23,25-26,28-29,57-59,61-64,66-67,69-71H,3-4,6,8-10,12,14-15,18,21,24,27,30-56H2,1-2H3,(H,65,68)/b7-5-,13-11-,17-16-,20-19-,23-22-,26-25-,29-28-. The van der Waals surface area contributed by atoms with E-state index in [2.05, 4.69) is 104 Å². The molecule has 9 heteroatoms. The fraction of sp³-hybridized carbons (Fsp3) is 0.766. The Bertz CT molecular complexity index is 1420. The maximum atomic E-state index is 13.0. The van der Waals surface area contributed by atoms with Gasteiger partial charge < -0.3 is 40.3 Å². The van der Waals surface area contributed by atoms with E-state index in [0.717, 1.165) is 83.5 Å². The Kier molecular flexibility index (Phi) is 49.5. The van der Waals surface area contributed by atoms with E-state index >= 15 is 0 Å². The third kappa shape index (κ3) is 42.2. The average molecular weight is 1020 g/mol. The highest BCUT2D eigenvalue weighted by Crippen LogP contribution is 2.23. The molecule has 422 valence electrons. The van der Waals surface area contributed by atoms with Crippen LogP contribution in [0.25, 0.3) is 0 Å². The van der Waals surface area contributed by atoms with Gasteiger partial charge in [-0.2, -0.15) is 0 Å². The molecule has 7 atom stereocenters. The molecule has 1 aliphatic rings. The van der Waals surface area contributed by atoms with Gasteiger partial charge in [0, 0.05) is 6.42 Å². The van der Waals surface area contributed by atoms with Crippen molar-refractivity contribution in [3.8, 4) is 0 Å². The summed E-state index contributed by atoms with van der Waals surface area (Å²) in [6.45, 7) is 3.71. The van der Waals surface area contributed by atoms with Gasteiger partial charge in [0.25, 0.3) is 0 Å². The van der Waals surface area contributed by atoms with Crippen LogP contribution in [0.1, 0.15) is 258 Å². The summed E-state index contributed by atoms with van der Waals surface area (Å²) in [5.74, 6) is -0.146. The van der Waals surface area contributed by atoms with Gasteiger partial charge in [-0.1, -0.05) is 266 Å². The second-order valence-corrected chi connectivity index (χ2v) is 20.8. The van der Waals surface area contributed by atoms with Gasteiger partial charge >= 0.3 is 0 Å². The zero-order chi connectivity index (χ0) is 52.9. The molecule has 1 amide bonds. The van der Waals surface area contributed by atoms with Crippen LogP contribution >= 0.6 is 0 Å². The number of carbonyl (C=O) groups is 1. The summed E-state index contributed by atoms with van der Waals surface area (Å²) >= 11 is 0. The first-order valence-corrected chi connectivity index (χ1v) is 30.3. The molecule has 1 fully saturated rings. The summed E-state index contributed by atoms with van der Waals surface area (Å²) in [4.78, 5) is 13.0. The smallest absolute Gasteiger partial charge is 0.220 e. The lowest BCUT2D eigenvalue weighted by Crippen LogP contribution is -2.60. The number of amides is 1. The minimum atomic E-state index is -1.55. The van der Waals surface area contributed by atoms with Gasteiger partial charge in [0.2, 0.25) is 5.91 Å². The molecular formula is C64H113NO8. The van der Waals surface area contributed by atoms with Crippen molar-refractivity contribution in [2.24, 2.45) is 0 Å². The third-order valence-corrected chi connectivity index (χ3v) is 14.0. The number of nitrogens with one attached hydrogen (secondary N) is 1. The summed E-state index contributed by atoms with van der Waals surface area (Å²) in [5.41, 5.74) is 0. The molecule has 0 bridgehead atoms. The van der Waals surface area contributed by atoms with Crippen molar-refractivity contribution in [3.05, 3.63) is 85.1 Å². The van der Waals surface area contributed by atoms with Crippen molar-refractivity contribution in [2.45, 2.75) is 301 Å². The molecule has 9 nitrogen and oxygen atoms in total. The molecule has 1 rings (SSSR count). The van der Waals surface area contributed by atoms with Crippen LogP contribution in [0, 0.1) is 0 Å². The molecule has 0 saturated carbocycles. The highest BCUT2D eigenvalue weighted by atomic mass is 16.7. The van der Waals surface area contributed by atoms with E-state index < -0.39 is 49.5 Å². The molecule has 0 spiro atoms. The lowest BCUT2D eigenvalue weighted by molar-refractivity contribution is -0.302. The molecule has 7 unspecified atom stereocenters. The minimum Gasteiger partial charge on any atom is -0.394 e. The van der Waals surface area contributed by atoms with Crippen molar-refractivity contribution in [1.29, 1.82) is 0 Å². The highest BCUT2D eigenvalue weighted by Gasteiger charge is 2.44. The van der Waals surface area contributed by atoms with Crippen molar-refractivity contribution in [3.63, 3.8) is 0 Å². The predicted molar refractivity (Wildman–Crippen MR) is 308 cm³/mol. The van der Waals surface area contributed by atoms with E-state index in [1.54, 1.807) is 0 Å².